The number of nitrogens with zero attached hydrogens (tertiary/aromatic N) is 4. The van der Waals surface area contributed by atoms with Crippen molar-refractivity contribution >= 4 is 29.3 Å². The summed E-state index contributed by atoms with van der Waals surface area (Å²) in [5.41, 5.74) is 0.953. The molecule has 1 saturated heterocycles. The van der Waals surface area contributed by atoms with Gasteiger partial charge in [-0.25, -0.2) is 4.98 Å². The lowest BCUT2D eigenvalue weighted by Crippen LogP contribution is -2.50. The molecule has 0 radical (unpaired) electrons. The van der Waals surface area contributed by atoms with Crippen LogP contribution in [-0.4, -0.2) is 53.0 Å². The van der Waals surface area contributed by atoms with Crippen molar-refractivity contribution in [2.24, 2.45) is 5.92 Å². The highest BCUT2D eigenvalue weighted by Crippen LogP contribution is 2.28. The molecule has 6 nitrogen and oxygen atoms in total. The molecule has 0 bridgehead atoms. The maximum atomic E-state index is 13.1. The maximum absolute atomic E-state index is 13.1. The molecule has 1 amide bonds. The Hall–Kier alpha value is -2.18. The van der Waals surface area contributed by atoms with Crippen LogP contribution in [0.2, 0.25) is 5.02 Å². The van der Waals surface area contributed by atoms with Crippen LogP contribution in [-0.2, 0) is 4.79 Å². The Morgan fingerprint density at radius 3 is 2.39 bits per heavy atom. The smallest absolute Gasteiger partial charge is 0.233 e. The lowest BCUT2D eigenvalue weighted by molar-refractivity contribution is -0.118. The number of carbonyl (C=O) groups is 1. The van der Waals surface area contributed by atoms with Crippen LogP contribution >= 0.6 is 11.6 Å². The third kappa shape index (κ3) is 5.36. The van der Waals surface area contributed by atoms with Crippen LogP contribution in [0.4, 0.5) is 11.8 Å². The average Bonchev–Trinajstić information content (AvgIpc) is 3.30. The zero-order chi connectivity index (χ0) is 21.8. The van der Waals surface area contributed by atoms with Crippen molar-refractivity contribution in [3.05, 3.63) is 47.1 Å². The second-order valence-electron chi connectivity index (χ2n) is 8.97. The summed E-state index contributed by atoms with van der Waals surface area (Å²) in [6.07, 6.45) is 7.13. The van der Waals surface area contributed by atoms with Gasteiger partial charge in [0.1, 0.15) is 5.82 Å². The molecule has 1 aliphatic carbocycles. The number of hydrogen-bond acceptors (Lipinski definition) is 5. The highest BCUT2D eigenvalue weighted by molar-refractivity contribution is 6.30. The second kappa shape index (κ2) is 9.96. The van der Waals surface area contributed by atoms with Crippen LogP contribution in [0, 0.1) is 5.92 Å². The van der Waals surface area contributed by atoms with Crippen LogP contribution in [0.1, 0.15) is 51.0 Å². The molecule has 1 aliphatic heterocycles. The number of amides is 1. The number of benzene rings is 1. The van der Waals surface area contributed by atoms with Gasteiger partial charge in [-0.2, -0.15) is 4.98 Å². The number of rotatable bonds is 6. The van der Waals surface area contributed by atoms with Gasteiger partial charge < -0.3 is 10.2 Å². The fourth-order valence-corrected chi connectivity index (χ4v) is 4.97. The van der Waals surface area contributed by atoms with Gasteiger partial charge in [-0.05, 0) is 42.5 Å². The second-order valence-corrected chi connectivity index (χ2v) is 9.40. The molecule has 1 aromatic carbocycles. The lowest BCUT2D eigenvalue weighted by Gasteiger charge is -2.38. The third-order valence-corrected chi connectivity index (χ3v) is 6.76. The van der Waals surface area contributed by atoms with E-state index in [1.165, 1.54) is 25.7 Å². The molecule has 1 aromatic heterocycles. The summed E-state index contributed by atoms with van der Waals surface area (Å²) in [6.45, 7) is 8.05. The molecule has 2 fully saturated rings. The molecule has 2 heterocycles. The first-order valence-electron chi connectivity index (χ1n) is 11.4. The van der Waals surface area contributed by atoms with E-state index in [0.717, 1.165) is 37.8 Å². The van der Waals surface area contributed by atoms with E-state index in [0.29, 0.717) is 16.8 Å². The number of hydrogen-bond donors (Lipinski definition) is 1. The summed E-state index contributed by atoms with van der Waals surface area (Å²) in [5.74, 6) is 1.05. The summed E-state index contributed by atoms with van der Waals surface area (Å²) in [6, 6.07) is 10.0. The standard InChI is InChI=1S/C24H32ClN5O/c1-17(2)22(18-7-9-19(25)10-8-18)23(31)27-21-11-12-26-24(28-21)30-15-13-29(14-16-30)20-5-3-4-6-20/h7-12,17,20,22H,3-6,13-16H2,1-2H3,(H,26,27,28,31). The monoisotopic (exact) mass is 441 g/mol. The zero-order valence-corrected chi connectivity index (χ0v) is 19.2. The number of nitrogens with one attached hydrogen (secondary N) is 1. The molecule has 1 unspecified atom stereocenters. The van der Waals surface area contributed by atoms with Gasteiger partial charge in [0.15, 0.2) is 0 Å². The number of carbonyl (C=O) groups excluding carboxylic acids is 1. The third-order valence-electron chi connectivity index (χ3n) is 6.51. The van der Waals surface area contributed by atoms with Gasteiger partial charge in [-0.15, -0.1) is 0 Å². The first-order chi connectivity index (χ1) is 15.0. The Morgan fingerprint density at radius 2 is 1.74 bits per heavy atom. The van der Waals surface area contributed by atoms with Gasteiger partial charge in [0, 0.05) is 43.4 Å². The fourth-order valence-electron chi connectivity index (χ4n) is 4.84. The lowest BCUT2D eigenvalue weighted by atomic mass is 9.87. The predicted octanol–water partition coefficient (Wildman–Crippen LogP) is 4.57. The van der Waals surface area contributed by atoms with Gasteiger partial charge in [0.2, 0.25) is 11.9 Å². The summed E-state index contributed by atoms with van der Waals surface area (Å²) in [5, 5.41) is 3.68. The molecule has 4 rings (SSSR count). The summed E-state index contributed by atoms with van der Waals surface area (Å²) in [7, 11) is 0. The predicted molar refractivity (Wildman–Crippen MR) is 126 cm³/mol. The van der Waals surface area contributed by atoms with Crippen LogP contribution in [0.5, 0.6) is 0 Å². The molecule has 0 spiro atoms. The topological polar surface area (TPSA) is 61.4 Å². The Bertz CT molecular complexity index is 874. The van der Waals surface area contributed by atoms with Gasteiger partial charge in [-0.3, -0.25) is 9.69 Å². The van der Waals surface area contributed by atoms with Crippen molar-refractivity contribution in [1.82, 2.24) is 14.9 Å². The molecule has 1 saturated carbocycles. The number of anilines is 2. The van der Waals surface area contributed by atoms with E-state index in [2.05, 4.69) is 25.1 Å². The minimum atomic E-state index is -0.273. The van der Waals surface area contributed by atoms with E-state index >= 15 is 0 Å². The molecule has 2 aliphatic rings. The molecule has 166 valence electrons. The first-order valence-corrected chi connectivity index (χ1v) is 11.8. The summed E-state index contributed by atoms with van der Waals surface area (Å²) >= 11 is 6.02. The number of aromatic nitrogens is 2. The van der Waals surface area contributed by atoms with E-state index in [1.807, 2.05) is 38.1 Å². The molecule has 1 N–H and O–H groups in total. The summed E-state index contributed by atoms with van der Waals surface area (Å²) < 4.78 is 0. The van der Waals surface area contributed by atoms with Crippen LogP contribution in [0.25, 0.3) is 0 Å². The van der Waals surface area contributed by atoms with Crippen molar-refractivity contribution in [2.45, 2.75) is 51.5 Å². The molecular formula is C24H32ClN5O. The fraction of sp³-hybridized carbons (Fsp3) is 0.542. The van der Waals surface area contributed by atoms with Gasteiger partial charge >= 0.3 is 0 Å². The number of piperazine rings is 1. The van der Waals surface area contributed by atoms with E-state index < -0.39 is 0 Å². The zero-order valence-electron chi connectivity index (χ0n) is 18.4. The normalized spacial score (nSPS) is 19.0. The SMILES string of the molecule is CC(C)C(C(=O)Nc1ccnc(N2CCN(C3CCCC3)CC2)n1)c1ccc(Cl)cc1. The largest absolute Gasteiger partial charge is 0.338 e. The molecular weight excluding hydrogens is 410 g/mol. The van der Waals surface area contributed by atoms with Crippen molar-refractivity contribution in [3.63, 3.8) is 0 Å². The Labute approximate surface area is 190 Å². The first kappa shape index (κ1) is 22.0. The van der Waals surface area contributed by atoms with Crippen LogP contribution in [0.15, 0.2) is 36.5 Å². The quantitative estimate of drug-likeness (QED) is 0.711. The van der Waals surface area contributed by atoms with Crippen LogP contribution in [0.3, 0.4) is 0 Å². The highest BCUT2D eigenvalue weighted by Gasteiger charge is 2.28. The minimum absolute atomic E-state index is 0.0620. The Morgan fingerprint density at radius 1 is 1.06 bits per heavy atom. The van der Waals surface area contributed by atoms with Crippen molar-refractivity contribution < 1.29 is 4.79 Å². The highest BCUT2D eigenvalue weighted by atomic mass is 35.5. The molecule has 7 heteroatoms. The van der Waals surface area contributed by atoms with E-state index in [9.17, 15) is 4.79 Å². The number of halogens is 1. The average molecular weight is 442 g/mol. The van der Waals surface area contributed by atoms with Gasteiger partial charge in [0.05, 0.1) is 5.92 Å². The Kier molecular flexibility index (Phi) is 7.08. The maximum Gasteiger partial charge on any atom is 0.233 e. The van der Waals surface area contributed by atoms with Crippen molar-refractivity contribution in [3.8, 4) is 0 Å². The van der Waals surface area contributed by atoms with Gasteiger partial charge in [-0.1, -0.05) is 50.4 Å². The van der Waals surface area contributed by atoms with E-state index in [-0.39, 0.29) is 17.7 Å². The molecule has 31 heavy (non-hydrogen) atoms. The van der Waals surface area contributed by atoms with Gasteiger partial charge in [0.25, 0.3) is 0 Å². The molecule has 1 atom stereocenters. The molecule has 2 aromatic rings. The minimum Gasteiger partial charge on any atom is -0.338 e. The van der Waals surface area contributed by atoms with E-state index in [1.54, 1.807) is 12.3 Å². The summed E-state index contributed by atoms with van der Waals surface area (Å²) in [4.78, 5) is 27.1. The Balaban J connectivity index is 1.40. The van der Waals surface area contributed by atoms with E-state index in [4.69, 9.17) is 11.6 Å². The van der Waals surface area contributed by atoms with Crippen molar-refractivity contribution in [1.29, 1.82) is 0 Å². The van der Waals surface area contributed by atoms with Crippen LogP contribution < -0.4 is 10.2 Å². The van der Waals surface area contributed by atoms with Crippen molar-refractivity contribution in [2.75, 3.05) is 36.4 Å².